The summed E-state index contributed by atoms with van der Waals surface area (Å²) in [6.45, 7) is 0. The van der Waals surface area contributed by atoms with E-state index in [1.807, 2.05) is 0 Å². The van der Waals surface area contributed by atoms with Crippen molar-refractivity contribution in [2.75, 3.05) is 0 Å². The molecule has 0 atom stereocenters. The molecule has 0 bridgehead atoms. The molecule has 1 aliphatic carbocycles. The SMILES string of the molecule is NC1CC(O)(c2occc2C(=O)O)C1. The third kappa shape index (κ3) is 1.21. The second-order valence-electron chi connectivity index (χ2n) is 3.67. The molecule has 0 aliphatic heterocycles. The first-order valence-electron chi connectivity index (χ1n) is 4.32. The number of aromatic carboxylic acids is 1. The van der Waals surface area contributed by atoms with Crippen LogP contribution < -0.4 is 5.73 Å². The summed E-state index contributed by atoms with van der Waals surface area (Å²) in [4.78, 5) is 10.7. The van der Waals surface area contributed by atoms with E-state index in [0.29, 0.717) is 12.8 Å². The van der Waals surface area contributed by atoms with Gasteiger partial charge in [-0.3, -0.25) is 0 Å². The van der Waals surface area contributed by atoms with Crippen LogP contribution in [0.5, 0.6) is 0 Å². The van der Waals surface area contributed by atoms with E-state index >= 15 is 0 Å². The van der Waals surface area contributed by atoms with Gasteiger partial charge in [0.1, 0.15) is 16.9 Å². The fourth-order valence-corrected chi connectivity index (χ4v) is 1.83. The van der Waals surface area contributed by atoms with Crippen molar-refractivity contribution in [2.24, 2.45) is 5.73 Å². The summed E-state index contributed by atoms with van der Waals surface area (Å²) in [5, 5.41) is 18.7. The van der Waals surface area contributed by atoms with Gasteiger partial charge in [0.15, 0.2) is 0 Å². The number of nitrogens with two attached hydrogens (primary N) is 1. The number of carboxylic acids is 1. The van der Waals surface area contributed by atoms with Crippen LogP contribution in [0, 0.1) is 0 Å². The summed E-state index contributed by atoms with van der Waals surface area (Å²) < 4.78 is 4.99. The zero-order chi connectivity index (χ0) is 10.3. The van der Waals surface area contributed by atoms with Crippen LogP contribution in [0.1, 0.15) is 29.0 Å². The first kappa shape index (κ1) is 9.23. The van der Waals surface area contributed by atoms with Crippen LogP contribution in [0.25, 0.3) is 0 Å². The Morgan fingerprint density at radius 2 is 2.29 bits per heavy atom. The molecule has 0 amide bonds. The minimum Gasteiger partial charge on any atom is -0.478 e. The minimum absolute atomic E-state index is 0.0133. The number of aliphatic hydroxyl groups is 1. The molecule has 0 unspecified atom stereocenters. The van der Waals surface area contributed by atoms with Gasteiger partial charge in [0, 0.05) is 6.04 Å². The molecule has 1 aromatic rings. The highest BCUT2D eigenvalue weighted by Gasteiger charge is 2.46. The summed E-state index contributed by atoms with van der Waals surface area (Å²) in [6.07, 6.45) is 1.96. The Bertz CT molecular complexity index is 365. The number of furan rings is 1. The maximum atomic E-state index is 10.7. The molecular formula is C9H11NO4. The van der Waals surface area contributed by atoms with Crippen LogP contribution >= 0.6 is 0 Å². The normalized spacial score (nSPS) is 31.1. The smallest absolute Gasteiger partial charge is 0.339 e. The molecule has 1 aliphatic rings. The Labute approximate surface area is 80.1 Å². The maximum Gasteiger partial charge on any atom is 0.339 e. The molecule has 0 saturated heterocycles. The van der Waals surface area contributed by atoms with Crippen molar-refractivity contribution in [2.45, 2.75) is 24.5 Å². The monoisotopic (exact) mass is 197 g/mol. The van der Waals surface area contributed by atoms with Crippen LogP contribution in [-0.2, 0) is 5.60 Å². The standard InChI is InChI=1S/C9H11NO4/c10-5-3-9(13,4-5)7-6(8(11)12)1-2-14-7/h1-2,5,13H,3-4,10H2,(H,11,12). The van der Waals surface area contributed by atoms with Crippen molar-refractivity contribution in [1.82, 2.24) is 0 Å². The Morgan fingerprint density at radius 1 is 1.64 bits per heavy atom. The Kier molecular flexibility index (Phi) is 1.87. The molecule has 76 valence electrons. The van der Waals surface area contributed by atoms with Gasteiger partial charge in [-0.2, -0.15) is 0 Å². The Hall–Kier alpha value is -1.33. The molecule has 2 rings (SSSR count). The van der Waals surface area contributed by atoms with Crippen LogP contribution in [0.15, 0.2) is 16.7 Å². The molecule has 4 N–H and O–H groups in total. The molecule has 5 heteroatoms. The highest BCUT2D eigenvalue weighted by molar-refractivity contribution is 5.89. The van der Waals surface area contributed by atoms with Crippen molar-refractivity contribution < 1.29 is 19.4 Å². The molecule has 1 saturated carbocycles. The average molecular weight is 197 g/mol. The van der Waals surface area contributed by atoms with Crippen LogP contribution in [-0.4, -0.2) is 22.2 Å². The number of hydrogen-bond acceptors (Lipinski definition) is 4. The van der Waals surface area contributed by atoms with Gasteiger partial charge in [-0.25, -0.2) is 4.79 Å². The van der Waals surface area contributed by atoms with Gasteiger partial charge in [0.05, 0.1) is 6.26 Å². The van der Waals surface area contributed by atoms with E-state index in [2.05, 4.69) is 0 Å². The molecule has 0 aromatic carbocycles. The topological polar surface area (TPSA) is 96.7 Å². The fourth-order valence-electron chi connectivity index (χ4n) is 1.83. The number of rotatable bonds is 2. The van der Waals surface area contributed by atoms with Crippen molar-refractivity contribution >= 4 is 5.97 Å². The Morgan fingerprint density at radius 3 is 2.79 bits per heavy atom. The Balaban J connectivity index is 2.33. The van der Waals surface area contributed by atoms with Crippen molar-refractivity contribution in [3.63, 3.8) is 0 Å². The van der Waals surface area contributed by atoms with Gasteiger partial charge in [0.2, 0.25) is 0 Å². The van der Waals surface area contributed by atoms with Gasteiger partial charge in [0.25, 0.3) is 0 Å². The third-order valence-corrected chi connectivity index (χ3v) is 2.52. The average Bonchev–Trinajstić information content (AvgIpc) is 2.48. The molecule has 1 aromatic heterocycles. The van der Waals surface area contributed by atoms with E-state index in [4.69, 9.17) is 15.3 Å². The van der Waals surface area contributed by atoms with Gasteiger partial charge >= 0.3 is 5.97 Å². The van der Waals surface area contributed by atoms with E-state index in [0.717, 1.165) is 0 Å². The van der Waals surface area contributed by atoms with Crippen molar-refractivity contribution in [3.8, 4) is 0 Å². The quantitative estimate of drug-likeness (QED) is 0.633. The zero-order valence-electron chi connectivity index (χ0n) is 7.43. The van der Waals surface area contributed by atoms with E-state index in [9.17, 15) is 9.90 Å². The lowest BCUT2D eigenvalue weighted by Gasteiger charge is -2.40. The van der Waals surface area contributed by atoms with Crippen molar-refractivity contribution in [3.05, 3.63) is 23.7 Å². The molecule has 0 radical (unpaired) electrons. The van der Waals surface area contributed by atoms with E-state index in [-0.39, 0.29) is 17.4 Å². The van der Waals surface area contributed by atoms with Gasteiger partial charge in [-0.05, 0) is 18.9 Å². The second kappa shape index (κ2) is 2.83. The lowest BCUT2D eigenvalue weighted by molar-refractivity contribution is -0.0698. The van der Waals surface area contributed by atoms with E-state index in [1.165, 1.54) is 12.3 Å². The predicted octanol–water partition coefficient (Wildman–Crippen LogP) is 0.286. The number of hydrogen-bond donors (Lipinski definition) is 3. The fraction of sp³-hybridized carbons (Fsp3) is 0.444. The first-order chi connectivity index (χ1) is 6.53. The highest BCUT2D eigenvalue weighted by atomic mass is 16.4. The summed E-state index contributed by atoms with van der Waals surface area (Å²) in [7, 11) is 0. The molecule has 5 nitrogen and oxygen atoms in total. The first-order valence-corrected chi connectivity index (χ1v) is 4.32. The second-order valence-corrected chi connectivity index (χ2v) is 3.67. The van der Waals surface area contributed by atoms with Crippen molar-refractivity contribution in [1.29, 1.82) is 0 Å². The summed E-state index contributed by atoms with van der Waals surface area (Å²) in [5.41, 5.74) is 4.37. The number of carbonyl (C=O) groups is 1. The lowest BCUT2D eigenvalue weighted by Crippen LogP contribution is -2.49. The molecule has 0 spiro atoms. The van der Waals surface area contributed by atoms with Crippen LogP contribution in [0.4, 0.5) is 0 Å². The number of carboxylic acid groups (broad SMARTS) is 1. The molecule has 1 heterocycles. The minimum atomic E-state index is -1.18. The largest absolute Gasteiger partial charge is 0.478 e. The lowest BCUT2D eigenvalue weighted by atomic mass is 9.73. The van der Waals surface area contributed by atoms with Gasteiger partial charge in [-0.1, -0.05) is 0 Å². The maximum absolute atomic E-state index is 10.7. The van der Waals surface area contributed by atoms with Crippen LogP contribution in [0.2, 0.25) is 0 Å². The summed E-state index contributed by atoms with van der Waals surface area (Å²) >= 11 is 0. The molecular weight excluding hydrogens is 186 g/mol. The van der Waals surface area contributed by atoms with Gasteiger partial charge in [-0.15, -0.1) is 0 Å². The molecule has 1 fully saturated rings. The third-order valence-electron chi connectivity index (χ3n) is 2.52. The predicted molar refractivity (Wildman–Crippen MR) is 46.8 cm³/mol. The van der Waals surface area contributed by atoms with Gasteiger partial charge < -0.3 is 20.4 Å². The highest BCUT2D eigenvalue weighted by Crippen LogP contribution is 2.42. The summed E-state index contributed by atoms with van der Waals surface area (Å²) in [5.74, 6) is -0.977. The van der Waals surface area contributed by atoms with Crippen LogP contribution in [0.3, 0.4) is 0 Å². The zero-order valence-corrected chi connectivity index (χ0v) is 7.43. The van der Waals surface area contributed by atoms with E-state index < -0.39 is 11.6 Å². The van der Waals surface area contributed by atoms with E-state index in [1.54, 1.807) is 0 Å². The summed E-state index contributed by atoms with van der Waals surface area (Å²) in [6, 6.07) is 1.26. The molecule has 14 heavy (non-hydrogen) atoms.